The van der Waals surface area contributed by atoms with Crippen LogP contribution in [0.15, 0.2) is 10.6 Å². The maximum Gasteiger partial charge on any atom is 0.258 e. The second-order valence-corrected chi connectivity index (χ2v) is 7.73. The highest BCUT2D eigenvalue weighted by atomic mass is 16.5. The van der Waals surface area contributed by atoms with Crippen molar-refractivity contribution < 1.29 is 9.32 Å². The lowest BCUT2D eigenvalue weighted by Crippen LogP contribution is -2.44. The van der Waals surface area contributed by atoms with Gasteiger partial charge in [-0.1, -0.05) is 5.16 Å². The number of fused-ring (bicyclic) bond motifs is 3. The van der Waals surface area contributed by atoms with Gasteiger partial charge >= 0.3 is 0 Å². The number of pyridine rings is 1. The molecule has 1 amide bonds. The number of hydrogen-bond donors (Lipinski definition) is 0. The normalized spacial score (nSPS) is 24.3. The van der Waals surface area contributed by atoms with Crippen molar-refractivity contribution in [3.8, 4) is 0 Å². The lowest BCUT2D eigenvalue weighted by atomic mass is 10.1. The number of hydrogen-bond acceptors (Lipinski definition) is 5. The summed E-state index contributed by atoms with van der Waals surface area (Å²) in [4.78, 5) is 22.3. The van der Waals surface area contributed by atoms with Crippen molar-refractivity contribution in [2.24, 2.45) is 0 Å². The topological polar surface area (TPSA) is 62.5 Å². The van der Waals surface area contributed by atoms with E-state index in [9.17, 15) is 4.79 Å². The fraction of sp³-hybridized carbons (Fsp3) is 0.632. The quantitative estimate of drug-likeness (QED) is 0.840. The van der Waals surface area contributed by atoms with Gasteiger partial charge in [0.15, 0.2) is 0 Å². The van der Waals surface area contributed by atoms with Gasteiger partial charge in [0.25, 0.3) is 11.6 Å². The predicted octanol–water partition coefficient (Wildman–Crippen LogP) is 2.93. The number of nitrogens with zero attached hydrogens (tertiary/aromatic N) is 4. The standard InChI is InChI=1S/C19H26N4O2/c1-11(2)23-14-5-6-15(23)10-22(8-7-14)19(24)16-9-12(3)20-18-17(16)13(4)21-25-18/h9,11,14-15H,5-8,10H2,1-4H3. The summed E-state index contributed by atoms with van der Waals surface area (Å²) in [6, 6.07) is 3.48. The molecule has 2 saturated heterocycles. The molecule has 2 bridgehead atoms. The monoisotopic (exact) mass is 342 g/mol. The SMILES string of the molecule is Cc1cc(C(=O)N2CCC3CCC(C2)N3C(C)C)c2c(C)noc2n1. The fourth-order valence-electron chi connectivity index (χ4n) is 4.69. The van der Waals surface area contributed by atoms with Crippen LogP contribution in [0, 0.1) is 13.8 Å². The first-order chi connectivity index (χ1) is 12.0. The molecular formula is C19H26N4O2. The third kappa shape index (κ3) is 2.72. The summed E-state index contributed by atoms with van der Waals surface area (Å²) in [5.74, 6) is 0.0815. The van der Waals surface area contributed by atoms with E-state index in [1.807, 2.05) is 24.8 Å². The van der Waals surface area contributed by atoms with Crippen LogP contribution in [0.25, 0.3) is 11.1 Å². The van der Waals surface area contributed by atoms with E-state index in [0.29, 0.717) is 29.4 Å². The molecule has 0 N–H and O–H groups in total. The predicted molar refractivity (Wildman–Crippen MR) is 95.6 cm³/mol. The molecule has 0 spiro atoms. The summed E-state index contributed by atoms with van der Waals surface area (Å²) in [5.41, 5.74) is 2.65. The average molecular weight is 342 g/mol. The van der Waals surface area contributed by atoms with Gasteiger partial charge < -0.3 is 9.42 Å². The minimum absolute atomic E-state index is 0.0815. The van der Waals surface area contributed by atoms with Crippen LogP contribution in [0.1, 0.15) is 54.9 Å². The van der Waals surface area contributed by atoms with Crippen molar-refractivity contribution >= 4 is 17.0 Å². The highest BCUT2D eigenvalue weighted by Crippen LogP contribution is 2.33. The van der Waals surface area contributed by atoms with Crippen LogP contribution in [0.2, 0.25) is 0 Å². The average Bonchev–Trinajstić information content (AvgIpc) is 3.05. The molecule has 6 heteroatoms. The first-order valence-electron chi connectivity index (χ1n) is 9.26. The minimum atomic E-state index is 0.0815. The number of amides is 1. The maximum absolute atomic E-state index is 13.3. The molecular weight excluding hydrogens is 316 g/mol. The van der Waals surface area contributed by atoms with Gasteiger partial charge in [-0.3, -0.25) is 9.69 Å². The van der Waals surface area contributed by atoms with Gasteiger partial charge in [-0.2, -0.15) is 0 Å². The van der Waals surface area contributed by atoms with Crippen molar-refractivity contribution in [3.63, 3.8) is 0 Å². The Morgan fingerprint density at radius 2 is 2.00 bits per heavy atom. The molecule has 0 aliphatic carbocycles. The van der Waals surface area contributed by atoms with E-state index in [4.69, 9.17) is 4.52 Å². The Morgan fingerprint density at radius 1 is 1.24 bits per heavy atom. The Balaban J connectivity index is 1.67. The molecule has 2 aromatic rings. The van der Waals surface area contributed by atoms with E-state index in [-0.39, 0.29) is 5.91 Å². The Labute approximate surface area is 148 Å². The molecule has 2 aliphatic heterocycles. The molecule has 0 aromatic carbocycles. The zero-order chi connectivity index (χ0) is 17.7. The second-order valence-electron chi connectivity index (χ2n) is 7.73. The Hall–Kier alpha value is -1.95. The third-order valence-electron chi connectivity index (χ3n) is 5.70. The van der Waals surface area contributed by atoms with Crippen LogP contribution in [0.5, 0.6) is 0 Å². The van der Waals surface area contributed by atoms with Crippen LogP contribution in [-0.2, 0) is 0 Å². The fourth-order valence-corrected chi connectivity index (χ4v) is 4.69. The van der Waals surface area contributed by atoms with Gasteiger partial charge in [0, 0.05) is 36.9 Å². The second kappa shape index (κ2) is 6.09. The van der Waals surface area contributed by atoms with E-state index >= 15 is 0 Å². The van der Waals surface area contributed by atoms with Crippen LogP contribution >= 0.6 is 0 Å². The molecule has 4 heterocycles. The van der Waals surface area contributed by atoms with Crippen LogP contribution in [0.4, 0.5) is 0 Å². The van der Waals surface area contributed by atoms with Gasteiger partial charge in [-0.25, -0.2) is 4.98 Å². The van der Waals surface area contributed by atoms with Gasteiger partial charge in [0.05, 0.1) is 16.6 Å². The van der Waals surface area contributed by atoms with Crippen LogP contribution in [0.3, 0.4) is 0 Å². The lowest BCUT2D eigenvalue weighted by molar-refractivity contribution is 0.0730. The molecule has 134 valence electrons. The highest BCUT2D eigenvalue weighted by molar-refractivity contribution is 6.06. The molecule has 25 heavy (non-hydrogen) atoms. The first kappa shape index (κ1) is 16.5. The van der Waals surface area contributed by atoms with E-state index in [2.05, 4.69) is 28.9 Å². The minimum Gasteiger partial charge on any atom is -0.337 e. The number of carbonyl (C=O) groups excluding carboxylic acids is 1. The molecule has 6 nitrogen and oxygen atoms in total. The molecule has 0 saturated carbocycles. The Morgan fingerprint density at radius 3 is 2.76 bits per heavy atom. The number of likely N-dealkylation sites (tertiary alicyclic amines) is 1. The van der Waals surface area contributed by atoms with Gasteiger partial charge in [0.2, 0.25) is 0 Å². The highest BCUT2D eigenvalue weighted by Gasteiger charge is 2.39. The summed E-state index contributed by atoms with van der Waals surface area (Å²) in [7, 11) is 0. The van der Waals surface area contributed by atoms with E-state index in [1.165, 1.54) is 12.8 Å². The van der Waals surface area contributed by atoms with Crippen LogP contribution < -0.4 is 0 Å². The Kier molecular flexibility index (Phi) is 4.02. The molecule has 2 unspecified atom stereocenters. The summed E-state index contributed by atoms with van der Waals surface area (Å²) in [6.45, 7) is 9.90. The van der Waals surface area contributed by atoms with Crippen molar-refractivity contribution in [1.82, 2.24) is 19.9 Å². The molecule has 2 atom stereocenters. The first-order valence-corrected chi connectivity index (χ1v) is 9.26. The summed E-state index contributed by atoms with van der Waals surface area (Å²) in [5, 5.41) is 4.76. The molecule has 4 rings (SSSR count). The third-order valence-corrected chi connectivity index (χ3v) is 5.70. The molecule has 2 aromatic heterocycles. The smallest absolute Gasteiger partial charge is 0.258 e. The van der Waals surface area contributed by atoms with Gasteiger partial charge in [-0.05, 0) is 53.0 Å². The van der Waals surface area contributed by atoms with E-state index in [0.717, 1.165) is 36.3 Å². The summed E-state index contributed by atoms with van der Waals surface area (Å²) < 4.78 is 5.29. The maximum atomic E-state index is 13.3. The number of aromatic nitrogens is 2. The summed E-state index contributed by atoms with van der Waals surface area (Å²) >= 11 is 0. The lowest BCUT2D eigenvalue weighted by Gasteiger charge is -2.32. The number of carbonyl (C=O) groups is 1. The van der Waals surface area contributed by atoms with Crippen LogP contribution in [-0.4, -0.2) is 57.1 Å². The van der Waals surface area contributed by atoms with Crippen molar-refractivity contribution in [1.29, 1.82) is 0 Å². The van der Waals surface area contributed by atoms with Gasteiger partial charge in [-0.15, -0.1) is 0 Å². The molecule has 2 fully saturated rings. The Bertz CT molecular complexity index is 813. The summed E-state index contributed by atoms with van der Waals surface area (Å²) in [6.07, 6.45) is 3.49. The zero-order valence-electron chi connectivity index (χ0n) is 15.5. The molecule has 0 radical (unpaired) electrons. The molecule has 2 aliphatic rings. The number of rotatable bonds is 2. The van der Waals surface area contributed by atoms with E-state index < -0.39 is 0 Å². The van der Waals surface area contributed by atoms with E-state index in [1.54, 1.807) is 0 Å². The van der Waals surface area contributed by atoms with Crippen molar-refractivity contribution in [2.45, 2.75) is 65.1 Å². The van der Waals surface area contributed by atoms with Crippen molar-refractivity contribution in [3.05, 3.63) is 23.0 Å². The van der Waals surface area contributed by atoms with Gasteiger partial charge in [0.1, 0.15) is 0 Å². The van der Waals surface area contributed by atoms with Crippen molar-refractivity contribution in [2.75, 3.05) is 13.1 Å². The largest absolute Gasteiger partial charge is 0.337 e. The zero-order valence-corrected chi connectivity index (χ0v) is 15.5. The number of aryl methyl sites for hydroxylation is 2.